The van der Waals surface area contributed by atoms with E-state index < -0.39 is 0 Å². The largest absolute Gasteiger partial charge is 0.392 e. The Morgan fingerprint density at radius 1 is 0.789 bits per heavy atom. The summed E-state index contributed by atoms with van der Waals surface area (Å²) in [5.74, 6) is 0. The SMILES string of the molecule is OCc1ccc(-c2n[nH]nc2-c2ccccc2)cc1. The molecule has 0 atom stereocenters. The summed E-state index contributed by atoms with van der Waals surface area (Å²) in [6.07, 6.45) is 0. The molecule has 0 saturated heterocycles. The van der Waals surface area contributed by atoms with Crippen LogP contribution in [-0.4, -0.2) is 20.5 Å². The molecule has 0 unspecified atom stereocenters. The van der Waals surface area contributed by atoms with E-state index in [0.717, 1.165) is 28.1 Å². The van der Waals surface area contributed by atoms with Gasteiger partial charge in [0.2, 0.25) is 0 Å². The Labute approximate surface area is 110 Å². The van der Waals surface area contributed by atoms with E-state index in [0.29, 0.717) is 0 Å². The number of rotatable bonds is 3. The van der Waals surface area contributed by atoms with Gasteiger partial charge < -0.3 is 5.11 Å². The first kappa shape index (κ1) is 11.6. The highest BCUT2D eigenvalue weighted by atomic mass is 16.3. The summed E-state index contributed by atoms with van der Waals surface area (Å²) in [4.78, 5) is 0. The lowest BCUT2D eigenvalue weighted by atomic mass is 10.0. The first-order valence-corrected chi connectivity index (χ1v) is 6.05. The number of nitrogens with one attached hydrogen (secondary N) is 1. The number of nitrogens with zero attached hydrogens (tertiary/aromatic N) is 2. The fraction of sp³-hybridized carbons (Fsp3) is 0.0667. The highest BCUT2D eigenvalue weighted by molar-refractivity contribution is 5.77. The van der Waals surface area contributed by atoms with Gasteiger partial charge in [0.15, 0.2) is 0 Å². The minimum Gasteiger partial charge on any atom is -0.392 e. The first-order valence-electron chi connectivity index (χ1n) is 6.05. The Morgan fingerprint density at radius 2 is 1.37 bits per heavy atom. The Hall–Kier alpha value is -2.46. The molecule has 4 heteroatoms. The summed E-state index contributed by atoms with van der Waals surface area (Å²) in [5, 5.41) is 20.2. The van der Waals surface area contributed by atoms with Crippen LogP contribution in [0.15, 0.2) is 54.6 Å². The van der Waals surface area contributed by atoms with Crippen molar-refractivity contribution in [2.24, 2.45) is 0 Å². The number of hydrogen-bond acceptors (Lipinski definition) is 3. The van der Waals surface area contributed by atoms with Crippen LogP contribution in [0.2, 0.25) is 0 Å². The third-order valence-electron chi connectivity index (χ3n) is 3.01. The number of benzene rings is 2. The lowest BCUT2D eigenvalue weighted by molar-refractivity contribution is 0.282. The molecule has 0 amide bonds. The minimum atomic E-state index is 0.0463. The smallest absolute Gasteiger partial charge is 0.120 e. The van der Waals surface area contributed by atoms with Gasteiger partial charge in [-0.3, -0.25) is 0 Å². The van der Waals surface area contributed by atoms with E-state index in [9.17, 15) is 0 Å². The van der Waals surface area contributed by atoms with Gasteiger partial charge in [-0.25, -0.2) is 0 Å². The summed E-state index contributed by atoms with van der Waals surface area (Å²) in [6, 6.07) is 17.6. The molecule has 3 aromatic rings. The number of aliphatic hydroxyl groups excluding tert-OH is 1. The molecule has 0 spiro atoms. The summed E-state index contributed by atoms with van der Waals surface area (Å²) in [6.45, 7) is 0.0463. The maximum Gasteiger partial charge on any atom is 0.120 e. The monoisotopic (exact) mass is 251 g/mol. The van der Waals surface area contributed by atoms with Gasteiger partial charge in [0, 0.05) is 11.1 Å². The molecule has 94 valence electrons. The second-order valence-electron chi connectivity index (χ2n) is 4.24. The average molecular weight is 251 g/mol. The Bertz CT molecular complexity index is 659. The van der Waals surface area contributed by atoms with Crippen molar-refractivity contribution in [3.8, 4) is 22.5 Å². The van der Waals surface area contributed by atoms with E-state index in [1.165, 1.54) is 0 Å². The second-order valence-corrected chi connectivity index (χ2v) is 4.24. The van der Waals surface area contributed by atoms with Gasteiger partial charge in [-0.05, 0) is 5.56 Å². The van der Waals surface area contributed by atoms with Crippen molar-refractivity contribution in [3.05, 3.63) is 60.2 Å². The molecule has 0 radical (unpaired) electrons. The summed E-state index contributed by atoms with van der Waals surface area (Å²) >= 11 is 0. The summed E-state index contributed by atoms with van der Waals surface area (Å²) in [7, 11) is 0. The third-order valence-corrected chi connectivity index (χ3v) is 3.01. The third kappa shape index (κ3) is 2.26. The lowest BCUT2D eigenvalue weighted by Gasteiger charge is -2.02. The van der Waals surface area contributed by atoms with Crippen molar-refractivity contribution >= 4 is 0 Å². The molecule has 3 rings (SSSR count). The molecule has 0 bridgehead atoms. The van der Waals surface area contributed by atoms with Gasteiger partial charge in [0.25, 0.3) is 0 Å². The van der Waals surface area contributed by atoms with Gasteiger partial charge in [-0.1, -0.05) is 54.6 Å². The van der Waals surface area contributed by atoms with E-state index in [-0.39, 0.29) is 6.61 Å². The van der Waals surface area contributed by atoms with Crippen molar-refractivity contribution in [1.29, 1.82) is 0 Å². The minimum absolute atomic E-state index is 0.0463. The second kappa shape index (κ2) is 5.04. The van der Waals surface area contributed by atoms with Gasteiger partial charge in [-0.15, -0.1) is 0 Å². The molecule has 0 fully saturated rings. The maximum absolute atomic E-state index is 9.06. The molecule has 1 heterocycles. The first-order chi connectivity index (χ1) is 9.38. The average Bonchev–Trinajstić information content (AvgIpc) is 2.98. The molecule has 0 aliphatic heterocycles. The number of hydrogen-bond donors (Lipinski definition) is 2. The van der Waals surface area contributed by atoms with E-state index >= 15 is 0 Å². The van der Waals surface area contributed by atoms with Crippen LogP contribution in [0.25, 0.3) is 22.5 Å². The number of aliphatic hydroxyl groups is 1. The van der Waals surface area contributed by atoms with Crippen molar-refractivity contribution in [3.63, 3.8) is 0 Å². The molecule has 4 nitrogen and oxygen atoms in total. The number of H-pyrrole nitrogens is 1. The Morgan fingerprint density at radius 3 is 1.95 bits per heavy atom. The van der Waals surface area contributed by atoms with Crippen molar-refractivity contribution in [2.45, 2.75) is 6.61 Å². The highest BCUT2D eigenvalue weighted by Gasteiger charge is 2.11. The van der Waals surface area contributed by atoms with E-state index in [2.05, 4.69) is 15.4 Å². The molecular formula is C15H13N3O. The maximum atomic E-state index is 9.06. The van der Waals surface area contributed by atoms with Gasteiger partial charge in [0.05, 0.1) is 6.61 Å². The normalized spacial score (nSPS) is 10.6. The van der Waals surface area contributed by atoms with Crippen LogP contribution < -0.4 is 0 Å². The fourth-order valence-electron chi connectivity index (χ4n) is 2.00. The molecule has 0 aliphatic rings. The standard InChI is InChI=1S/C15H13N3O/c19-10-11-6-8-13(9-7-11)15-14(16-18-17-15)12-4-2-1-3-5-12/h1-9,19H,10H2,(H,16,17,18). The zero-order valence-electron chi connectivity index (χ0n) is 10.2. The molecule has 19 heavy (non-hydrogen) atoms. The predicted molar refractivity (Wildman–Crippen MR) is 73.2 cm³/mol. The van der Waals surface area contributed by atoms with Gasteiger partial charge in [0.1, 0.15) is 11.4 Å². The summed E-state index contributed by atoms with van der Waals surface area (Å²) < 4.78 is 0. The van der Waals surface area contributed by atoms with Crippen LogP contribution in [0.5, 0.6) is 0 Å². The van der Waals surface area contributed by atoms with Crippen molar-refractivity contribution < 1.29 is 5.11 Å². The molecule has 2 N–H and O–H groups in total. The molecule has 0 aliphatic carbocycles. The molecule has 2 aromatic carbocycles. The van der Waals surface area contributed by atoms with E-state index in [1.54, 1.807) is 0 Å². The Kier molecular flexibility index (Phi) is 3.08. The van der Waals surface area contributed by atoms with Crippen molar-refractivity contribution in [2.75, 3.05) is 0 Å². The summed E-state index contributed by atoms with van der Waals surface area (Å²) in [5.41, 5.74) is 4.53. The zero-order valence-corrected chi connectivity index (χ0v) is 10.2. The topological polar surface area (TPSA) is 61.8 Å². The molecular weight excluding hydrogens is 238 g/mol. The quantitative estimate of drug-likeness (QED) is 0.752. The van der Waals surface area contributed by atoms with E-state index in [1.807, 2.05) is 54.6 Å². The van der Waals surface area contributed by atoms with Crippen LogP contribution in [0.4, 0.5) is 0 Å². The van der Waals surface area contributed by atoms with Crippen molar-refractivity contribution in [1.82, 2.24) is 15.4 Å². The van der Waals surface area contributed by atoms with Crippen LogP contribution in [0.3, 0.4) is 0 Å². The predicted octanol–water partition coefficient (Wildman–Crippen LogP) is 2.63. The zero-order chi connectivity index (χ0) is 13.1. The van der Waals surface area contributed by atoms with Gasteiger partial charge in [-0.2, -0.15) is 15.4 Å². The van der Waals surface area contributed by atoms with Crippen LogP contribution in [0, 0.1) is 0 Å². The highest BCUT2D eigenvalue weighted by Crippen LogP contribution is 2.27. The number of aromatic nitrogens is 3. The number of aromatic amines is 1. The van der Waals surface area contributed by atoms with Gasteiger partial charge >= 0.3 is 0 Å². The fourth-order valence-corrected chi connectivity index (χ4v) is 2.00. The molecule has 0 saturated carbocycles. The van der Waals surface area contributed by atoms with E-state index in [4.69, 9.17) is 5.11 Å². The lowest BCUT2D eigenvalue weighted by Crippen LogP contribution is -1.86. The van der Waals surface area contributed by atoms with Crippen LogP contribution in [0.1, 0.15) is 5.56 Å². The Balaban J connectivity index is 2.04. The van der Waals surface area contributed by atoms with Crippen LogP contribution >= 0.6 is 0 Å². The molecule has 1 aromatic heterocycles. The van der Waals surface area contributed by atoms with Crippen LogP contribution in [-0.2, 0) is 6.61 Å².